The summed E-state index contributed by atoms with van der Waals surface area (Å²) < 4.78 is 0. The van der Waals surface area contributed by atoms with Crippen LogP contribution < -0.4 is 5.32 Å². The quantitative estimate of drug-likeness (QED) is 0.861. The van der Waals surface area contributed by atoms with E-state index in [4.69, 9.17) is 23.2 Å². The van der Waals surface area contributed by atoms with Crippen molar-refractivity contribution in [3.63, 3.8) is 0 Å². The number of aromatic hydroxyl groups is 1. The number of aryl methyl sites for hydroxylation is 1. The number of hydrogen-bond acceptors (Lipinski definition) is 2. The Kier molecular flexibility index (Phi) is 4.00. The summed E-state index contributed by atoms with van der Waals surface area (Å²) in [6, 6.07) is 10.8. The molecule has 0 aliphatic carbocycles. The molecule has 2 N–H and O–H groups in total. The minimum Gasteiger partial charge on any atom is -0.508 e. The van der Waals surface area contributed by atoms with Gasteiger partial charge in [-0.25, -0.2) is 0 Å². The lowest BCUT2D eigenvalue weighted by atomic mass is 10.2. The summed E-state index contributed by atoms with van der Waals surface area (Å²) in [6.45, 7) is 2.40. The molecule has 2 aromatic rings. The fraction of sp³-hybridized carbons (Fsp3) is 0.143. The summed E-state index contributed by atoms with van der Waals surface area (Å²) in [6.07, 6.45) is 0. The standard InChI is InChI=1S/C14H13Cl2NO/c1-9-6-12(16)13(7-11(9)15)17-8-10-4-2-3-5-14(10)18/h2-7,17-18H,8H2,1H3. The van der Waals surface area contributed by atoms with E-state index in [0.29, 0.717) is 16.6 Å². The number of rotatable bonds is 3. The van der Waals surface area contributed by atoms with Gasteiger partial charge in [0.2, 0.25) is 0 Å². The van der Waals surface area contributed by atoms with Gasteiger partial charge in [-0.2, -0.15) is 0 Å². The van der Waals surface area contributed by atoms with Crippen LogP contribution in [-0.4, -0.2) is 5.11 Å². The summed E-state index contributed by atoms with van der Waals surface area (Å²) in [4.78, 5) is 0. The summed E-state index contributed by atoms with van der Waals surface area (Å²) in [5.41, 5.74) is 2.51. The molecule has 2 rings (SSSR count). The molecular weight excluding hydrogens is 269 g/mol. The van der Waals surface area contributed by atoms with Gasteiger partial charge in [0.05, 0.1) is 10.7 Å². The van der Waals surface area contributed by atoms with Crippen LogP contribution in [0.15, 0.2) is 36.4 Å². The molecule has 0 radical (unpaired) electrons. The smallest absolute Gasteiger partial charge is 0.120 e. The molecule has 2 nitrogen and oxygen atoms in total. The van der Waals surface area contributed by atoms with Crippen LogP contribution in [0.3, 0.4) is 0 Å². The topological polar surface area (TPSA) is 32.3 Å². The molecule has 2 aromatic carbocycles. The Morgan fingerprint density at radius 3 is 2.56 bits per heavy atom. The minimum absolute atomic E-state index is 0.263. The van der Waals surface area contributed by atoms with E-state index in [0.717, 1.165) is 16.8 Å². The summed E-state index contributed by atoms with van der Waals surface area (Å²) in [5, 5.41) is 14.1. The Bertz CT molecular complexity index is 570. The van der Waals surface area contributed by atoms with Gasteiger partial charge in [-0.3, -0.25) is 0 Å². The molecule has 0 amide bonds. The third-order valence-corrected chi connectivity index (χ3v) is 3.43. The van der Waals surface area contributed by atoms with Crippen LogP contribution in [0, 0.1) is 6.92 Å². The van der Waals surface area contributed by atoms with Gasteiger partial charge < -0.3 is 10.4 Å². The maximum absolute atomic E-state index is 9.66. The minimum atomic E-state index is 0.263. The number of nitrogens with one attached hydrogen (secondary N) is 1. The Hall–Kier alpha value is -1.38. The van der Waals surface area contributed by atoms with Crippen molar-refractivity contribution in [1.29, 1.82) is 0 Å². The van der Waals surface area contributed by atoms with E-state index in [-0.39, 0.29) is 5.75 Å². The lowest BCUT2D eigenvalue weighted by Gasteiger charge is -2.11. The molecular formula is C14H13Cl2NO. The lowest BCUT2D eigenvalue weighted by molar-refractivity contribution is 0.469. The van der Waals surface area contributed by atoms with Crippen molar-refractivity contribution >= 4 is 28.9 Å². The van der Waals surface area contributed by atoms with Crippen LogP contribution >= 0.6 is 23.2 Å². The highest BCUT2D eigenvalue weighted by molar-refractivity contribution is 6.35. The third kappa shape index (κ3) is 2.89. The monoisotopic (exact) mass is 281 g/mol. The summed E-state index contributed by atoms with van der Waals surface area (Å²) in [7, 11) is 0. The van der Waals surface area contributed by atoms with Crippen LogP contribution in [0.5, 0.6) is 5.75 Å². The Morgan fingerprint density at radius 1 is 1.11 bits per heavy atom. The van der Waals surface area contributed by atoms with Gasteiger partial charge in [0, 0.05) is 17.1 Å². The predicted molar refractivity (Wildman–Crippen MR) is 76.6 cm³/mol. The molecule has 0 bridgehead atoms. The second-order valence-corrected chi connectivity index (χ2v) is 4.88. The summed E-state index contributed by atoms with van der Waals surface area (Å²) in [5.74, 6) is 0.263. The first kappa shape index (κ1) is 13.1. The number of phenolic OH excluding ortho intramolecular Hbond substituents is 1. The zero-order chi connectivity index (χ0) is 13.1. The first-order valence-electron chi connectivity index (χ1n) is 5.54. The van der Waals surface area contributed by atoms with Crippen LogP contribution in [-0.2, 0) is 6.54 Å². The molecule has 0 saturated heterocycles. The van der Waals surface area contributed by atoms with Crippen molar-refractivity contribution in [2.24, 2.45) is 0 Å². The fourth-order valence-corrected chi connectivity index (χ4v) is 2.08. The molecule has 0 aliphatic rings. The van der Waals surface area contributed by atoms with Gasteiger partial charge in [0.1, 0.15) is 5.75 Å². The van der Waals surface area contributed by atoms with E-state index in [1.807, 2.05) is 25.1 Å². The van der Waals surface area contributed by atoms with Crippen LogP contribution in [0.25, 0.3) is 0 Å². The highest BCUT2D eigenvalue weighted by Crippen LogP contribution is 2.29. The molecule has 0 aliphatic heterocycles. The van der Waals surface area contributed by atoms with Crippen molar-refractivity contribution in [2.45, 2.75) is 13.5 Å². The average Bonchev–Trinajstić information content (AvgIpc) is 2.34. The maximum atomic E-state index is 9.66. The van der Waals surface area contributed by atoms with Gasteiger partial charge in [-0.05, 0) is 30.7 Å². The van der Waals surface area contributed by atoms with E-state index in [2.05, 4.69) is 5.32 Å². The molecule has 4 heteroatoms. The van der Waals surface area contributed by atoms with Crippen molar-refractivity contribution in [3.8, 4) is 5.75 Å². The number of phenols is 1. The number of para-hydroxylation sites is 1. The lowest BCUT2D eigenvalue weighted by Crippen LogP contribution is -2.00. The summed E-state index contributed by atoms with van der Waals surface area (Å²) >= 11 is 12.2. The van der Waals surface area contributed by atoms with Crippen molar-refractivity contribution in [1.82, 2.24) is 0 Å². The number of benzene rings is 2. The first-order chi connectivity index (χ1) is 8.58. The molecule has 0 heterocycles. The van der Waals surface area contributed by atoms with Gasteiger partial charge >= 0.3 is 0 Å². The number of halogens is 2. The van der Waals surface area contributed by atoms with Crippen molar-refractivity contribution in [2.75, 3.05) is 5.32 Å². The fourth-order valence-electron chi connectivity index (χ4n) is 1.63. The van der Waals surface area contributed by atoms with Gasteiger partial charge in [0.25, 0.3) is 0 Å². The van der Waals surface area contributed by atoms with E-state index in [1.165, 1.54) is 0 Å². The Labute approximate surface area is 116 Å². The molecule has 0 saturated carbocycles. The molecule has 0 atom stereocenters. The third-order valence-electron chi connectivity index (χ3n) is 2.71. The zero-order valence-corrected chi connectivity index (χ0v) is 11.4. The van der Waals surface area contributed by atoms with E-state index in [1.54, 1.807) is 18.2 Å². The van der Waals surface area contributed by atoms with Crippen LogP contribution in [0.4, 0.5) is 5.69 Å². The van der Waals surface area contributed by atoms with Gasteiger partial charge in [0.15, 0.2) is 0 Å². The van der Waals surface area contributed by atoms with E-state index >= 15 is 0 Å². The van der Waals surface area contributed by atoms with Crippen LogP contribution in [0.2, 0.25) is 10.0 Å². The second kappa shape index (κ2) is 5.51. The molecule has 0 spiro atoms. The number of anilines is 1. The first-order valence-corrected chi connectivity index (χ1v) is 6.30. The largest absolute Gasteiger partial charge is 0.508 e. The zero-order valence-electron chi connectivity index (χ0n) is 9.87. The highest BCUT2D eigenvalue weighted by Gasteiger charge is 2.05. The van der Waals surface area contributed by atoms with Gasteiger partial charge in [-0.1, -0.05) is 41.4 Å². The Morgan fingerprint density at radius 2 is 1.83 bits per heavy atom. The maximum Gasteiger partial charge on any atom is 0.120 e. The molecule has 94 valence electrons. The Balaban J connectivity index is 2.16. The normalized spacial score (nSPS) is 10.4. The SMILES string of the molecule is Cc1cc(Cl)c(NCc2ccccc2O)cc1Cl. The van der Waals surface area contributed by atoms with Crippen LogP contribution in [0.1, 0.15) is 11.1 Å². The number of hydrogen-bond donors (Lipinski definition) is 2. The molecule has 0 aromatic heterocycles. The van der Waals surface area contributed by atoms with E-state index in [9.17, 15) is 5.11 Å². The predicted octanol–water partition coefficient (Wildman–Crippen LogP) is 4.62. The second-order valence-electron chi connectivity index (χ2n) is 4.06. The molecule has 0 fully saturated rings. The highest BCUT2D eigenvalue weighted by atomic mass is 35.5. The molecule has 18 heavy (non-hydrogen) atoms. The van der Waals surface area contributed by atoms with Crippen molar-refractivity contribution in [3.05, 3.63) is 57.6 Å². The van der Waals surface area contributed by atoms with Gasteiger partial charge in [-0.15, -0.1) is 0 Å². The van der Waals surface area contributed by atoms with Crippen molar-refractivity contribution < 1.29 is 5.11 Å². The van der Waals surface area contributed by atoms with E-state index < -0.39 is 0 Å². The average molecular weight is 282 g/mol. The molecule has 0 unspecified atom stereocenters.